The van der Waals surface area contributed by atoms with E-state index in [1.54, 1.807) is 30.7 Å². The molecule has 4 rings (SSSR count). The van der Waals surface area contributed by atoms with Gasteiger partial charge in [-0.1, -0.05) is 35.3 Å². The minimum absolute atomic E-state index is 0.00536. The zero-order valence-electron chi connectivity index (χ0n) is 16.9. The first-order valence-corrected chi connectivity index (χ1v) is 11.7. The van der Waals surface area contributed by atoms with E-state index >= 15 is 0 Å². The van der Waals surface area contributed by atoms with Gasteiger partial charge in [0.1, 0.15) is 5.82 Å². The number of rotatable bonds is 4. The monoisotopic (exact) mass is 464 g/mol. The standard InChI is InChI=1S/C21H22Cl2N4O2S/c1-13-24-21(12-27(13)3)30(28,29)25-16-6-4-5-14(7-16)18-10-26(2)11-19-17(18)8-15(22)9-20(19)23/h4-9,12,18,25H,10-11H2,1-3H3. The van der Waals surface area contributed by atoms with E-state index in [4.69, 9.17) is 23.2 Å². The van der Waals surface area contributed by atoms with Crippen molar-refractivity contribution in [3.8, 4) is 0 Å². The Morgan fingerprint density at radius 2 is 1.93 bits per heavy atom. The van der Waals surface area contributed by atoms with Crippen molar-refractivity contribution in [2.45, 2.75) is 24.4 Å². The van der Waals surface area contributed by atoms with Crippen LogP contribution in [0.1, 0.15) is 28.4 Å². The van der Waals surface area contributed by atoms with Gasteiger partial charge in [-0.25, -0.2) is 4.98 Å². The molecule has 158 valence electrons. The average Bonchev–Trinajstić information content (AvgIpc) is 3.01. The van der Waals surface area contributed by atoms with E-state index in [-0.39, 0.29) is 10.9 Å². The second kappa shape index (κ2) is 7.89. The molecule has 0 radical (unpaired) electrons. The van der Waals surface area contributed by atoms with Gasteiger partial charge in [0, 0.05) is 48.0 Å². The van der Waals surface area contributed by atoms with Gasteiger partial charge in [0.25, 0.3) is 10.0 Å². The Morgan fingerprint density at radius 3 is 2.63 bits per heavy atom. The summed E-state index contributed by atoms with van der Waals surface area (Å²) in [5.74, 6) is 0.649. The summed E-state index contributed by atoms with van der Waals surface area (Å²) in [5, 5.41) is 1.24. The number of aryl methyl sites for hydroxylation is 2. The van der Waals surface area contributed by atoms with Crippen molar-refractivity contribution in [2.75, 3.05) is 18.3 Å². The van der Waals surface area contributed by atoms with E-state index in [0.717, 1.165) is 29.8 Å². The Morgan fingerprint density at radius 1 is 1.17 bits per heavy atom. The van der Waals surface area contributed by atoms with Crippen molar-refractivity contribution in [1.29, 1.82) is 0 Å². The number of hydrogen-bond donors (Lipinski definition) is 1. The van der Waals surface area contributed by atoms with Gasteiger partial charge >= 0.3 is 0 Å². The number of sulfonamides is 1. The van der Waals surface area contributed by atoms with Crippen molar-refractivity contribution in [1.82, 2.24) is 14.5 Å². The van der Waals surface area contributed by atoms with E-state index in [2.05, 4.69) is 14.6 Å². The topological polar surface area (TPSA) is 67.2 Å². The van der Waals surface area contributed by atoms with Gasteiger partial charge in [0.2, 0.25) is 0 Å². The third-order valence-corrected chi connectivity index (χ3v) is 7.20. The highest BCUT2D eigenvalue weighted by atomic mass is 35.5. The zero-order chi connectivity index (χ0) is 21.6. The van der Waals surface area contributed by atoms with Crippen molar-refractivity contribution >= 4 is 38.9 Å². The summed E-state index contributed by atoms with van der Waals surface area (Å²) < 4.78 is 29.8. The number of nitrogens with one attached hydrogen (secondary N) is 1. The fraction of sp³-hybridized carbons (Fsp3) is 0.286. The van der Waals surface area contributed by atoms with Crippen LogP contribution in [-0.4, -0.2) is 36.5 Å². The fourth-order valence-electron chi connectivity index (χ4n) is 3.81. The van der Waals surface area contributed by atoms with Gasteiger partial charge in [-0.3, -0.25) is 4.72 Å². The van der Waals surface area contributed by atoms with E-state index in [9.17, 15) is 8.42 Å². The number of anilines is 1. The molecule has 1 unspecified atom stereocenters. The van der Waals surface area contributed by atoms with Gasteiger partial charge in [0.15, 0.2) is 5.03 Å². The normalized spacial score (nSPS) is 17.0. The molecule has 30 heavy (non-hydrogen) atoms. The lowest BCUT2D eigenvalue weighted by Gasteiger charge is -2.33. The Kier molecular flexibility index (Phi) is 5.57. The molecule has 0 bridgehead atoms. The molecule has 1 aromatic heterocycles. The van der Waals surface area contributed by atoms with Crippen LogP contribution in [0.4, 0.5) is 5.69 Å². The van der Waals surface area contributed by atoms with Crippen molar-refractivity contribution in [2.24, 2.45) is 7.05 Å². The molecule has 1 atom stereocenters. The predicted molar refractivity (Wildman–Crippen MR) is 120 cm³/mol. The van der Waals surface area contributed by atoms with Gasteiger partial charge in [-0.15, -0.1) is 0 Å². The fourth-order valence-corrected chi connectivity index (χ4v) is 5.47. The first kappa shape index (κ1) is 21.2. The van der Waals surface area contributed by atoms with Crippen LogP contribution >= 0.6 is 23.2 Å². The maximum atomic E-state index is 12.8. The lowest BCUT2D eigenvalue weighted by Crippen LogP contribution is -2.31. The molecule has 1 N–H and O–H groups in total. The molecule has 0 saturated heterocycles. The lowest BCUT2D eigenvalue weighted by atomic mass is 9.84. The summed E-state index contributed by atoms with van der Waals surface area (Å²) in [5.41, 5.74) is 3.60. The van der Waals surface area contributed by atoms with Crippen molar-refractivity contribution in [3.63, 3.8) is 0 Å². The van der Waals surface area contributed by atoms with Gasteiger partial charge < -0.3 is 9.47 Å². The number of imidazole rings is 1. The molecule has 2 aromatic carbocycles. The number of nitrogens with zero attached hydrogens (tertiary/aromatic N) is 3. The second-order valence-electron chi connectivity index (χ2n) is 7.67. The van der Waals surface area contributed by atoms with Gasteiger partial charge in [-0.05, 0) is 54.9 Å². The first-order chi connectivity index (χ1) is 14.1. The van der Waals surface area contributed by atoms with Crippen molar-refractivity contribution in [3.05, 3.63) is 75.2 Å². The average molecular weight is 465 g/mol. The Hall–Kier alpha value is -2.06. The van der Waals surface area contributed by atoms with Gasteiger partial charge in [0.05, 0.1) is 0 Å². The number of benzene rings is 2. The molecule has 0 aliphatic carbocycles. The molecule has 0 saturated carbocycles. The molecule has 0 spiro atoms. The quantitative estimate of drug-likeness (QED) is 0.620. The van der Waals surface area contributed by atoms with Crippen LogP contribution < -0.4 is 4.72 Å². The Bertz CT molecular complexity index is 1200. The maximum Gasteiger partial charge on any atom is 0.280 e. The molecular weight excluding hydrogens is 443 g/mol. The zero-order valence-corrected chi connectivity index (χ0v) is 19.2. The predicted octanol–water partition coefficient (Wildman–Crippen LogP) is 4.41. The summed E-state index contributed by atoms with van der Waals surface area (Å²) in [6, 6.07) is 11.1. The van der Waals surface area contributed by atoms with Crippen molar-refractivity contribution < 1.29 is 8.42 Å². The molecule has 6 nitrogen and oxygen atoms in total. The number of fused-ring (bicyclic) bond motifs is 1. The molecule has 1 aliphatic heterocycles. The highest BCUT2D eigenvalue weighted by Crippen LogP contribution is 2.39. The summed E-state index contributed by atoms with van der Waals surface area (Å²) >= 11 is 12.7. The number of halogens is 2. The summed E-state index contributed by atoms with van der Waals surface area (Å²) in [6.45, 7) is 3.28. The van der Waals surface area contributed by atoms with Crippen LogP contribution in [-0.2, 0) is 23.6 Å². The Labute approximate surface area is 186 Å². The third kappa shape index (κ3) is 4.07. The van der Waals surface area contributed by atoms with E-state index in [0.29, 0.717) is 21.6 Å². The second-order valence-corrected chi connectivity index (χ2v) is 10.1. The Balaban J connectivity index is 1.69. The smallest absolute Gasteiger partial charge is 0.280 e. The van der Waals surface area contributed by atoms with E-state index in [1.165, 1.54) is 6.20 Å². The largest absolute Gasteiger partial charge is 0.337 e. The number of aromatic nitrogens is 2. The van der Waals surface area contributed by atoms with E-state index < -0.39 is 10.0 Å². The molecule has 0 amide bonds. The highest BCUT2D eigenvalue weighted by Gasteiger charge is 2.27. The van der Waals surface area contributed by atoms with Gasteiger partial charge in [-0.2, -0.15) is 8.42 Å². The molecule has 0 fully saturated rings. The van der Waals surface area contributed by atoms with Crippen LogP contribution in [0, 0.1) is 6.92 Å². The number of likely N-dealkylation sites (N-methyl/N-ethyl adjacent to an activating group) is 1. The van der Waals surface area contributed by atoms with Crippen LogP contribution in [0.3, 0.4) is 0 Å². The maximum absolute atomic E-state index is 12.8. The molecule has 1 aliphatic rings. The first-order valence-electron chi connectivity index (χ1n) is 9.43. The molecule has 3 aromatic rings. The van der Waals surface area contributed by atoms with Crippen LogP contribution in [0.2, 0.25) is 10.0 Å². The summed E-state index contributed by atoms with van der Waals surface area (Å²) in [7, 11) is 0.0159. The van der Waals surface area contributed by atoms with E-state index in [1.807, 2.05) is 31.3 Å². The minimum Gasteiger partial charge on any atom is -0.337 e. The lowest BCUT2D eigenvalue weighted by molar-refractivity contribution is 0.295. The third-order valence-electron chi connectivity index (χ3n) is 5.40. The summed E-state index contributed by atoms with van der Waals surface area (Å²) in [4.78, 5) is 6.32. The minimum atomic E-state index is -3.78. The van der Waals surface area contributed by atoms with Crippen LogP contribution in [0.15, 0.2) is 47.6 Å². The molecular formula is C21H22Cl2N4O2S. The SMILES string of the molecule is Cc1nc(S(=O)(=O)Nc2cccc(C3CN(C)Cc4c(Cl)cc(Cl)cc43)c2)cn1C. The van der Waals surface area contributed by atoms with Crippen LogP contribution in [0.25, 0.3) is 0 Å². The summed E-state index contributed by atoms with van der Waals surface area (Å²) in [6.07, 6.45) is 1.50. The number of hydrogen-bond acceptors (Lipinski definition) is 4. The molecule has 9 heteroatoms. The molecule has 2 heterocycles. The highest BCUT2D eigenvalue weighted by molar-refractivity contribution is 7.92. The van der Waals surface area contributed by atoms with Crippen LogP contribution in [0.5, 0.6) is 0 Å².